The molecule has 0 fully saturated rings. The smallest absolute Gasteiger partial charge is 0.345 e. The first-order chi connectivity index (χ1) is 9.70. The van der Waals surface area contributed by atoms with Crippen LogP contribution in [-0.4, -0.2) is 29.3 Å². The Hall–Kier alpha value is -1.87. The van der Waals surface area contributed by atoms with Gasteiger partial charge in [-0.3, -0.25) is 9.40 Å². The Balaban J connectivity index is 2.31. The standard InChI is InChI=1S/C12H15N3O4S2/c1-7(2)15-6-9(5-13-15)14-21(18,19)11-4-10(12(16)17)20-8(11)3/h4-7,14H,1-3H3,(H,16,17). The Morgan fingerprint density at radius 1 is 1.48 bits per heavy atom. The summed E-state index contributed by atoms with van der Waals surface area (Å²) in [5.41, 5.74) is 0.339. The van der Waals surface area contributed by atoms with E-state index in [1.165, 1.54) is 6.20 Å². The summed E-state index contributed by atoms with van der Waals surface area (Å²) in [5.74, 6) is -1.14. The molecule has 2 N–H and O–H groups in total. The van der Waals surface area contributed by atoms with Gasteiger partial charge in [0, 0.05) is 17.1 Å². The average Bonchev–Trinajstić information content (AvgIpc) is 2.95. The number of nitrogens with zero attached hydrogens (tertiary/aromatic N) is 2. The Labute approximate surface area is 126 Å². The molecule has 7 nitrogen and oxygen atoms in total. The number of hydrogen-bond donors (Lipinski definition) is 2. The van der Waals surface area contributed by atoms with Crippen LogP contribution in [0.5, 0.6) is 0 Å². The molecule has 0 saturated carbocycles. The minimum absolute atomic E-state index is 0.00856. The van der Waals surface area contributed by atoms with Gasteiger partial charge in [0.1, 0.15) is 9.77 Å². The zero-order chi connectivity index (χ0) is 15.8. The molecule has 0 aliphatic rings. The van der Waals surface area contributed by atoms with Crippen molar-refractivity contribution in [2.24, 2.45) is 0 Å². The van der Waals surface area contributed by atoms with Crippen LogP contribution in [0.3, 0.4) is 0 Å². The summed E-state index contributed by atoms with van der Waals surface area (Å²) in [6.45, 7) is 5.42. The monoisotopic (exact) mass is 329 g/mol. The second-order valence-electron chi connectivity index (χ2n) is 4.74. The van der Waals surface area contributed by atoms with Gasteiger partial charge in [-0.05, 0) is 26.8 Å². The topological polar surface area (TPSA) is 101 Å². The summed E-state index contributed by atoms with van der Waals surface area (Å²) in [7, 11) is -3.83. The van der Waals surface area contributed by atoms with Crippen LogP contribution in [0.2, 0.25) is 0 Å². The maximum absolute atomic E-state index is 12.3. The highest BCUT2D eigenvalue weighted by Gasteiger charge is 2.22. The van der Waals surface area contributed by atoms with E-state index in [-0.39, 0.29) is 15.8 Å². The fourth-order valence-corrected chi connectivity index (χ4v) is 4.18. The number of carboxylic acids is 1. The predicted octanol–water partition coefficient (Wildman–Crippen LogP) is 2.33. The van der Waals surface area contributed by atoms with Crippen molar-refractivity contribution in [2.45, 2.75) is 31.7 Å². The van der Waals surface area contributed by atoms with Gasteiger partial charge in [0.15, 0.2) is 0 Å². The maximum Gasteiger partial charge on any atom is 0.345 e. The third-order valence-corrected chi connectivity index (χ3v) is 5.43. The Morgan fingerprint density at radius 3 is 2.62 bits per heavy atom. The lowest BCUT2D eigenvalue weighted by molar-refractivity contribution is 0.0702. The highest BCUT2D eigenvalue weighted by atomic mass is 32.2. The quantitative estimate of drug-likeness (QED) is 0.876. The number of nitrogens with one attached hydrogen (secondary N) is 1. The molecule has 2 aromatic rings. The maximum atomic E-state index is 12.3. The molecule has 21 heavy (non-hydrogen) atoms. The Bertz CT molecular complexity index is 774. The molecule has 0 aliphatic heterocycles. The summed E-state index contributed by atoms with van der Waals surface area (Å²) in [6, 6.07) is 1.28. The number of thiophene rings is 1. The molecule has 0 aromatic carbocycles. The van der Waals surface area contributed by atoms with Crippen molar-refractivity contribution in [1.82, 2.24) is 9.78 Å². The number of rotatable bonds is 5. The van der Waals surface area contributed by atoms with E-state index < -0.39 is 16.0 Å². The summed E-state index contributed by atoms with van der Waals surface area (Å²) in [5, 5.41) is 13.0. The van der Waals surface area contributed by atoms with E-state index in [0.29, 0.717) is 10.6 Å². The molecule has 0 spiro atoms. The summed E-state index contributed by atoms with van der Waals surface area (Å²) in [6.07, 6.45) is 3.00. The molecule has 2 rings (SSSR count). The second kappa shape index (κ2) is 5.49. The van der Waals surface area contributed by atoms with Crippen LogP contribution in [0.25, 0.3) is 0 Å². The highest BCUT2D eigenvalue weighted by molar-refractivity contribution is 7.93. The van der Waals surface area contributed by atoms with Crippen molar-refractivity contribution in [2.75, 3.05) is 4.72 Å². The SMILES string of the molecule is Cc1sc(C(=O)O)cc1S(=O)(=O)Nc1cnn(C(C)C)c1. The van der Waals surface area contributed by atoms with Crippen LogP contribution in [0.15, 0.2) is 23.4 Å². The lowest BCUT2D eigenvalue weighted by Crippen LogP contribution is -2.12. The number of carbonyl (C=O) groups is 1. The number of sulfonamides is 1. The largest absolute Gasteiger partial charge is 0.477 e. The molecule has 0 bridgehead atoms. The van der Waals surface area contributed by atoms with Gasteiger partial charge in [-0.15, -0.1) is 11.3 Å². The van der Waals surface area contributed by atoms with E-state index in [4.69, 9.17) is 5.11 Å². The van der Waals surface area contributed by atoms with E-state index >= 15 is 0 Å². The molecule has 0 radical (unpaired) electrons. The lowest BCUT2D eigenvalue weighted by Gasteiger charge is -2.05. The Morgan fingerprint density at radius 2 is 2.14 bits per heavy atom. The molecule has 9 heteroatoms. The van der Waals surface area contributed by atoms with E-state index in [0.717, 1.165) is 17.4 Å². The molecule has 0 unspecified atom stereocenters. The van der Waals surface area contributed by atoms with Crippen LogP contribution < -0.4 is 4.72 Å². The number of carboxylic acid groups (broad SMARTS) is 1. The van der Waals surface area contributed by atoms with Crippen LogP contribution in [0.1, 0.15) is 34.4 Å². The molecule has 0 amide bonds. The summed E-state index contributed by atoms with van der Waals surface area (Å²) < 4.78 is 28.6. The van der Waals surface area contributed by atoms with Crippen molar-refractivity contribution in [3.05, 3.63) is 28.2 Å². The van der Waals surface area contributed by atoms with E-state index in [2.05, 4.69) is 9.82 Å². The van der Waals surface area contributed by atoms with Gasteiger partial charge in [0.25, 0.3) is 10.0 Å². The number of aryl methyl sites for hydroxylation is 1. The van der Waals surface area contributed by atoms with Crippen LogP contribution in [-0.2, 0) is 10.0 Å². The molecule has 0 atom stereocenters. The lowest BCUT2D eigenvalue weighted by atomic mass is 10.4. The third-order valence-electron chi connectivity index (χ3n) is 2.76. The van der Waals surface area contributed by atoms with Crippen molar-refractivity contribution >= 4 is 33.0 Å². The van der Waals surface area contributed by atoms with Gasteiger partial charge in [-0.1, -0.05) is 0 Å². The van der Waals surface area contributed by atoms with E-state index in [1.54, 1.807) is 17.8 Å². The summed E-state index contributed by atoms with van der Waals surface area (Å²) >= 11 is 0.930. The minimum atomic E-state index is -3.83. The molecule has 0 saturated heterocycles. The first-order valence-corrected chi connectivity index (χ1v) is 8.41. The van der Waals surface area contributed by atoms with Crippen molar-refractivity contribution in [3.63, 3.8) is 0 Å². The van der Waals surface area contributed by atoms with Gasteiger partial charge in [0.05, 0.1) is 11.9 Å². The van der Waals surface area contributed by atoms with Gasteiger partial charge >= 0.3 is 5.97 Å². The van der Waals surface area contributed by atoms with Gasteiger partial charge < -0.3 is 5.11 Å². The molecule has 0 aliphatic carbocycles. The average molecular weight is 329 g/mol. The number of anilines is 1. The van der Waals surface area contributed by atoms with Gasteiger partial charge in [-0.2, -0.15) is 5.10 Å². The fraction of sp³-hybridized carbons (Fsp3) is 0.333. The number of aromatic nitrogens is 2. The van der Waals surface area contributed by atoms with E-state index in [9.17, 15) is 13.2 Å². The van der Waals surface area contributed by atoms with Gasteiger partial charge in [-0.25, -0.2) is 13.2 Å². The first-order valence-electron chi connectivity index (χ1n) is 6.11. The Kier molecular flexibility index (Phi) is 4.06. The number of aromatic carboxylic acids is 1. The molecule has 2 heterocycles. The second-order valence-corrected chi connectivity index (χ2v) is 7.65. The molecule has 2 aromatic heterocycles. The third kappa shape index (κ3) is 3.24. The molecule has 114 valence electrons. The van der Waals surface area contributed by atoms with Crippen LogP contribution in [0, 0.1) is 6.92 Å². The van der Waals surface area contributed by atoms with Crippen molar-refractivity contribution in [3.8, 4) is 0 Å². The first kappa shape index (κ1) is 15.5. The normalized spacial score (nSPS) is 11.8. The highest BCUT2D eigenvalue weighted by Crippen LogP contribution is 2.27. The van der Waals surface area contributed by atoms with E-state index in [1.807, 2.05) is 13.8 Å². The fourth-order valence-electron chi connectivity index (χ4n) is 1.72. The molecular weight excluding hydrogens is 314 g/mol. The summed E-state index contributed by atoms with van der Waals surface area (Å²) in [4.78, 5) is 11.3. The zero-order valence-corrected chi connectivity index (χ0v) is 13.3. The van der Waals surface area contributed by atoms with Crippen LogP contribution >= 0.6 is 11.3 Å². The predicted molar refractivity (Wildman–Crippen MR) is 79.4 cm³/mol. The van der Waals surface area contributed by atoms with Gasteiger partial charge in [0.2, 0.25) is 0 Å². The van der Waals surface area contributed by atoms with Crippen LogP contribution in [0.4, 0.5) is 5.69 Å². The zero-order valence-electron chi connectivity index (χ0n) is 11.7. The van der Waals surface area contributed by atoms with Crippen molar-refractivity contribution in [1.29, 1.82) is 0 Å². The minimum Gasteiger partial charge on any atom is -0.477 e. The van der Waals surface area contributed by atoms with Crippen molar-refractivity contribution < 1.29 is 18.3 Å². The number of hydrogen-bond acceptors (Lipinski definition) is 5. The molecular formula is C12H15N3O4S2.